The maximum absolute atomic E-state index is 14.6. The van der Waals surface area contributed by atoms with E-state index in [-0.39, 0.29) is 24.4 Å². The molecule has 0 atom stereocenters. The Labute approximate surface area is 182 Å². The van der Waals surface area contributed by atoms with Gasteiger partial charge in [-0.25, -0.2) is 4.39 Å². The molecule has 7 heteroatoms. The minimum atomic E-state index is -0.406. The third-order valence-corrected chi connectivity index (χ3v) is 6.31. The number of rotatable bonds is 4. The third-order valence-electron chi connectivity index (χ3n) is 6.31. The van der Waals surface area contributed by atoms with Crippen molar-refractivity contribution in [3.05, 3.63) is 47.8 Å². The summed E-state index contributed by atoms with van der Waals surface area (Å²) in [5.41, 5.74) is 8.89. The molecule has 31 heavy (non-hydrogen) atoms. The molecule has 0 radical (unpaired) electrons. The van der Waals surface area contributed by atoms with Crippen molar-refractivity contribution in [3.8, 4) is 11.1 Å². The summed E-state index contributed by atoms with van der Waals surface area (Å²) in [5.74, 6) is -0.540. The van der Waals surface area contributed by atoms with Crippen molar-refractivity contribution in [2.75, 3.05) is 37.3 Å². The number of amides is 2. The largest absolute Gasteiger partial charge is 0.397 e. The van der Waals surface area contributed by atoms with Crippen LogP contribution < -0.4 is 16.0 Å². The Morgan fingerprint density at radius 3 is 2.58 bits per heavy atom. The van der Waals surface area contributed by atoms with E-state index in [9.17, 15) is 14.0 Å². The minimum Gasteiger partial charge on any atom is -0.397 e. The van der Waals surface area contributed by atoms with Gasteiger partial charge in [-0.1, -0.05) is 25.3 Å². The first-order valence-electron chi connectivity index (χ1n) is 10.9. The van der Waals surface area contributed by atoms with Gasteiger partial charge in [0.2, 0.25) is 5.91 Å². The molecule has 2 aromatic rings. The number of halogens is 1. The van der Waals surface area contributed by atoms with Crippen molar-refractivity contribution < 1.29 is 14.0 Å². The van der Waals surface area contributed by atoms with Crippen LogP contribution in [0, 0.1) is 5.82 Å². The summed E-state index contributed by atoms with van der Waals surface area (Å²) < 4.78 is 14.6. The lowest BCUT2D eigenvalue weighted by Gasteiger charge is -2.34. The van der Waals surface area contributed by atoms with Crippen molar-refractivity contribution in [3.63, 3.8) is 0 Å². The molecule has 1 saturated heterocycles. The number of benzene rings is 2. The molecule has 0 unspecified atom stereocenters. The lowest BCUT2D eigenvalue weighted by molar-refractivity contribution is -0.129. The molecule has 1 saturated carbocycles. The van der Waals surface area contributed by atoms with Gasteiger partial charge in [-0.05, 0) is 48.7 Å². The maximum atomic E-state index is 14.6. The summed E-state index contributed by atoms with van der Waals surface area (Å²) in [6.45, 7) is 1.59. The Hall–Kier alpha value is -3.09. The lowest BCUT2D eigenvalue weighted by atomic mass is 9.95. The Kier molecular flexibility index (Phi) is 6.11. The first-order chi connectivity index (χ1) is 14.9. The highest BCUT2D eigenvalue weighted by Crippen LogP contribution is 2.32. The standard InChI is InChI=1S/C24H29FN4O2/c1-28-11-12-29(15-23(28)30)22-10-8-16(14-21(22)26)19-13-17(7-9-20(19)25)24(31)27-18-5-3-2-4-6-18/h7-10,13-14,18H,2-6,11-12,15,26H2,1H3,(H,27,31). The van der Waals surface area contributed by atoms with E-state index in [1.54, 1.807) is 30.1 Å². The van der Waals surface area contributed by atoms with Gasteiger partial charge >= 0.3 is 0 Å². The Morgan fingerprint density at radius 1 is 1.10 bits per heavy atom. The number of carbonyl (C=O) groups is 2. The van der Waals surface area contributed by atoms with E-state index in [1.807, 2.05) is 11.0 Å². The number of nitrogen functional groups attached to an aromatic ring is 1. The molecule has 2 aliphatic rings. The SMILES string of the molecule is CN1CCN(c2ccc(-c3cc(C(=O)NC4CCCCC4)ccc3F)cc2N)CC1=O. The quantitative estimate of drug-likeness (QED) is 0.738. The molecule has 0 bridgehead atoms. The van der Waals surface area contributed by atoms with Crippen molar-refractivity contribution in [2.45, 2.75) is 38.1 Å². The molecule has 6 nitrogen and oxygen atoms in total. The van der Waals surface area contributed by atoms with Crippen LogP contribution in [0.25, 0.3) is 11.1 Å². The molecule has 164 valence electrons. The third kappa shape index (κ3) is 4.65. The minimum absolute atomic E-state index is 0.0393. The van der Waals surface area contributed by atoms with E-state index in [0.717, 1.165) is 31.4 Å². The number of nitrogens with one attached hydrogen (secondary N) is 1. The van der Waals surface area contributed by atoms with Gasteiger partial charge in [0, 0.05) is 37.3 Å². The summed E-state index contributed by atoms with van der Waals surface area (Å²) >= 11 is 0. The van der Waals surface area contributed by atoms with Crippen LogP contribution >= 0.6 is 0 Å². The molecular formula is C24H29FN4O2. The van der Waals surface area contributed by atoms with Crippen molar-refractivity contribution in [1.82, 2.24) is 10.2 Å². The maximum Gasteiger partial charge on any atom is 0.251 e. The van der Waals surface area contributed by atoms with Crippen LogP contribution in [0.4, 0.5) is 15.8 Å². The number of anilines is 2. The second-order valence-electron chi connectivity index (χ2n) is 8.51. The monoisotopic (exact) mass is 424 g/mol. The fraction of sp³-hybridized carbons (Fsp3) is 0.417. The Balaban J connectivity index is 1.55. The van der Waals surface area contributed by atoms with Crippen LogP contribution in [0.15, 0.2) is 36.4 Å². The number of nitrogens with two attached hydrogens (primary N) is 1. The van der Waals surface area contributed by atoms with Crippen LogP contribution in [0.1, 0.15) is 42.5 Å². The van der Waals surface area contributed by atoms with Gasteiger partial charge in [-0.2, -0.15) is 0 Å². The summed E-state index contributed by atoms with van der Waals surface area (Å²) in [6, 6.07) is 9.93. The van der Waals surface area contributed by atoms with Crippen LogP contribution in [0.2, 0.25) is 0 Å². The molecule has 2 fully saturated rings. The Morgan fingerprint density at radius 2 is 1.87 bits per heavy atom. The molecule has 0 spiro atoms. The van der Waals surface area contributed by atoms with E-state index in [2.05, 4.69) is 5.32 Å². The zero-order valence-corrected chi connectivity index (χ0v) is 17.9. The van der Waals surface area contributed by atoms with Crippen molar-refractivity contribution in [1.29, 1.82) is 0 Å². The van der Waals surface area contributed by atoms with Gasteiger partial charge in [-0.15, -0.1) is 0 Å². The molecule has 1 heterocycles. The predicted octanol–water partition coefficient (Wildman–Crippen LogP) is 3.42. The van der Waals surface area contributed by atoms with Gasteiger partial charge in [0.05, 0.1) is 17.9 Å². The van der Waals surface area contributed by atoms with Crippen molar-refractivity contribution in [2.24, 2.45) is 0 Å². The molecule has 3 N–H and O–H groups in total. The topological polar surface area (TPSA) is 78.7 Å². The van der Waals surface area contributed by atoms with Gasteiger partial charge in [-0.3, -0.25) is 9.59 Å². The highest BCUT2D eigenvalue weighted by atomic mass is 19.1. The molecule has 4 rings (SSSR count). The molecule has 1 aliphatic carbocycles. The van der Waals surface area contributed by atoms with Crippen LogP contribution in [0.3, 0.4) is 0 Å². The summed E-state index contributed by atoms with van der Waals surface area (Å²) in [5, 5.41) is 3.08. The summed E-state index contributed by atoms with van der Waals surface area (Å²) in [7, 11) is 1.78. The number of hydrogen-bond acceptors (Lipinski definition) is 4. The number of hydrogen-bond donors (Lipinski definition) is 2. The molecule has 2 aromatic carbocycles. The van der Waals surface area contributed by atoms with Gasteiger partial charge in [0.1, 0.15) is 5.82 Å². The Bertz CT molecular complexity index is 988. The predicted molar refractivity (Wildman–Crippen MR) is 120 cm³/mol. The molecular weight excluding hydrogens is 395 g/mol. The highest BCUT2D eigenvalue weighted by Gasteiger charge is 2.23. The van der Waals surface area contributed by atoms with E-state index < -0.39 is 5.82 Å². The van der Waals surface area contributed by atoms with E-state index in [4.69, 9.17) is 5.73 Å². The second-order valence-corrected chi connectivity index (χ2v) is 8.51. The highest BCUT2D eigenvalue weighted by molar-refractivity contribution is 5.96. The fourth-order valence-corrected chi connectivity index (χ4v) is 4.38. The average Bonchev–Trinajstić information content (AvgIpc) is 2.76. The number of carbonyl (C=O) groups excluding carboxylic acids is 2. The summed E-state index contributed by atoms with van der Waals surface area (Å²) in [6.07, 6.45) is 5.46. The number of piperazine rings is 1. The van der Waals surface area contributed by atoms with Crippen LogP contribution in [-0.2, 0) is 4.79 Å². The van der Waals surface area contributed by atoms with E-state index in [1.165, 1.54) is 18.6 Å². The smallest absolute Gasteiger partial charge is 0.251 e. The van der Waals surface area contributed by atoms with Crippen LogP contribution in [0.5, 0.6) is 0 Å². The second kappa shape index (κ2) is 8.96. The average molecular weight is 425 g/mol. The molecule has 0 aromatic heterocycles. The van der Waals surface area contributed by atoms with E-state index in [0.29, 0.717) is 35.5 Å². The van der Waals surface area contributed by atoms with Gasteiger partial charge in [0.15, 0.2) is 0 Å². The lowest BCUT2D eigenvalue weighted by Crippen LogP contribution is -2.48. The zero-order valence-electron chi connectivity index (χ0n) is 17.9. The zero-order chi connectivity index (χ0) is 22.0. The fourth-order valence-electron chi connectivity index (χ4n) is 4.38. The number of nitrogens with zero attached hydrogens (tertiary/aromatic N) is 2. The molecule has 1 aliphatic heterocycles. The number of likely N-dealkylation sites (N-methyl/N-ethyl adjacent to an activating group) is 1. The van der Waals surface area contributed by atoms with Gasteiger partial charge in [0.25, 0.3) is 5.91 Å². The summed E-state index contributed by atoms with van der Waals surface area (Å²) in [4.78, 5) is 28.3. The normalized spacial score (nSPS) is 17.7. The van der Waals surface area contributed by atoms with Crippen molar-refractivity contribution >= 4 is 23.2 Å². The first kappa shape index (κ1) is 21.2. The molecule has 2 amide bonds. The van der Waals surface area contributed by atoms with Gasteiger partial charge < -0.3 is 20.9 Å². The van der Waals surface area contributed by atoms with Crippen LogP contribution in [-0.4, -0.2) is 49.4 Å². The first-order valence-corrected chi connectivity index (χ1v) is 10.9. The van der Waals surface area contributed by atoms with E-state index >= 15 is 0 Å².